The van der Waals surface area contributed by atoms with Crippen LogP contribution in [0.1, 0.15) is 27.7 Å². The maximum atomic E-state index is 12.7. The van der Waals surface area contributed by atoms with Gasteiger partial charge in [-0.1, -0.05) is 6.58 Å². The lowest BCUT2D eigenvalue weighted by atomic mass is 10.1. The molecule has 0 N–H and O–H groups in total. The van der Waals surface area contributed by atoms with Crippen molar-refractivity contribution in [1.82, 2.24) is 4.90 Å². The molecule has 0 aromatic heterocycles. The Morgan fingerprint density at radius 2 is 1.93 bits per heavy atom. The lowest BCUT2D eigenvalue weighted by Crippen LogP contribution is -2.41. The van der Waals surface area contributed by atoms with Crippen molar-refractivity contribution < 1.29 is 4.39 Å². The molecule has 0 unspecified atom stereocenters. The van der Waals surface area contributed by atoms with Crippen molar-refractivity contribution in [3.05, 3.63) is 24.7 Å². The average Bonchev–Trinajstić information content (AvgIpc) is 2.10. The minimum Gasteiger partial charge on any atom is -0.359 e. The highest BCUT2D eigenvalue weighted by atomic mass is 19.1. The quantitative estimate of drug-likeness (QED) is 0.378. The van der Waals surface area contributed by atoms with Crippen LogP contribution in [0.2, 0.25) is 0 Å². The fourth-order valence-electron chi connectivity index (χ4n) is 0.780. The highest BCUT2D eigenvalue weighted by Crippen LogP contribution is 2.11. The van der Waals surface area contributed by atoms with Gasteiger partial charge in [-0.2, -0.15) is 0 Å². The molecule has 0 spiro atoms. The van der Waals surface area contributed by atoms with Crippen LogP contribution in [0.5, 0.6) is 0 Å². The van der Waals surface area contributed by atoms with Gasteiger partial charge in [-0.15, -0.1) is 0 Å². The lowest BCUT2D eigenvalue weighted by molar-refractivity contribution is 0.280. The smallest absolute Gasteiger partial charge is 0.140 e. The molecule has 0 saturated carbocycles. The summed E-state index contributed by atoms with van der Waals surface area (Å²) in [6, 6.07) is 0. The van der Waals surface area contributed by atoms with Gasteiger partial charge < -0.3 is 4.90 Å². The van der Waals surface area contributed by atoms with Gasteiger partial charge in [-0.05, 0) is 33.8 Å². The molecular weight excluding hydrogens is 179 g/mol. The van der Waals surface area contributed by atoms with Gasteiger partial charge in [-0.3, -0.25) is 0 Å². The minimum absolute atomic E-state index is 0.00786. The van der Waals surface area contributed by atoms with E-state index in [1.807, 2.05) is 18.9 Å². The molecule has 0 aliphatic rings. The number of allylic oxidation sites excluding steroid dienone is 2. The molecule has 14 heavy (non-hydrogen) atoms. The number of rotatable bonds is 2. The zero-order chi connectivity index (χ0) is 11.4. The summed E-state index contributed by atoms with van der Waals surface area (Å²) in [7, 11) is 1.93. The van der Waals surface area contributed by atoms with Crippen LogP contribution in [0.4, 0.5) is 4.39 Å². The van der Waals surface area contributed by atoms with Crippen molar-refractivity contribution in [2.45, 2.75) is 33.2 Å². The first-order valence-corrected chi connectivity index (χ1v) is 4.55. The van der Waals surface area contributed by atoms with Crippen molar-refractivity contribution in [2.24, 2.45) is 4.99 Å². The first kappa shape index (κ1) is 12.9. The number of nitrogens with zero attached hydrogens (tertiary/aromatic N) is 2. The Kier molecular flexibility index (Phi) is 4.54. The fourth-order valence-corrected chi connectivity index (χ4v) is 0.780. The van der Waals surface area contributed by atoms with Crippen LogP contribution in [-0.4, -0.2) is 23.3 Å². The first-order valence-electron chi connectivity index (χ1n) is 4.55. The Balaban J connectivity index is 4.62. The summed E-state index contributed by atoms with van der Waals surface area (Å²) in [6.45, 7) is 11.4. The third-order valence-electron chi connectivity index (χ3n) is 2.06. The van der Waals surface area contributed by atoms with Crippen LogP contribution in [0, 0.1) is 0 Å². The summed E-state index contributed by atoms with van der Waals surface area (Å²) in [6.07, 6.45) is 2.30. The van der Waals surface area contributed by atoms with E-state index in [0.29, 0.717) is 0 Å². The molecule has 0 aromatic carbocycles. The predicted molar refractivity (Wildman–Crippen MR) is 60.0 cm³/mol. The average molecular weight is 198 g/mol. The van der Waals surface area contributed by atoms with E-state index >= 15 is 0 Å². The highest BCUT2D eigenvalue weighted by molar-refractivity contribution is 5.80. The summed E-state index contributed by atoms with van der Waals surface area (Å²) in [5, 5.41) is 0. The first-order chi connectivity index (χ1) is 6.29. The molecule has 0 saturated heterocycles. The monoisotopic (exact) mass is 198 g/mol. The van der Waals surface area contributed by atoms with Crippen molar-refractivity contribution in [2.75, 3.05) is 7.05 Å². The molecule has 0 rings (SSSR count). The molecule has 0 fully saturated rings. The summed E-state index contributed by atoms with van der Waals surface area (Å²) < 4.78 is 12.7. The van der Waals surface area contributed by atoms with E-state index in [1.165, 1.54) is 6.20 Å². The zero-order valence-electron chi connectivity index (χ0n) is 9.63. The third-order valence-corrected chi connectivity index (χ3v) is 2.06. The van der Waals surface area contributed by atoms with Crippen LogP contribution < -0.4 is 0 Å². The molecule has 3 heteroatoms. The van der Waals surface area contributed by atoms with E-state index in [1.54, 1.807) is 0 Å². The Bertz CT molecular complexity index is 259. The largest absolute Gasteiger partial charge is 0.359 e. The Morgan fingerprint density at radius 3 is 2.29 bits per heavy atom. The molecule has 2 nitrogen and oxygen atoms in total. The Morgan fingerprint density at radius 1 is 1.43 bits per heavy atom. The van der Waals surface area contributed by atoms with E-state index < -0.39 is 5.83 Å². The predicted octanol–water partition coefficient (Wildman–Crippen LogP) is 3.13. The van der Waals surface area contributed by atoms with Crippen molar-refractivity contribution >= 4 is 5.84 Å². The van der Waals surface area contributed by atoms with Gasteiger partial charge in [-0.25, -0.2) is 9.38 Å². The Labute approximate surface area is 85.8 Å². The summed E-state index contributed by atoms with van der Waals surface area (Å²) in [5.74, 6) is 0.348. The van der Waals surface area contributed by atoms with Gasteiger partial charge in [0.25, 0.3) is 0 Å². The molecule has 0 aromatic rings. The molecular formula is C11H19FN2. The normalized spacial score (nSPS) is 14.1. The number of aliphatic imine (C=N–C) groups is 1. The second-order valence-electron chi connectivity index (χ2n) is 4.12. The Hall–Kier alpha value is -1.12. The molecule has 0 aliphatic carbocycles. The fraction of sp³-hybridized carbons (Fsp3) is 0.545. The molecule has 0 radical (unpaired) electrons. The van der Waals surface area contributed by atoms with Gasteiger partial charge in [0.15, 0.2) is 0 Å². The third kappa shape index (κ3) is 4.21. The molecule has 0 bridgehead atoms. The van der Waals surface area contributed by atoms with E-state index in [4.69, 9.17) is 0 Å². The SMILES string of the molecule is C=C/C(F)=C/N=C(/C)N(C)C(C)(C)C. The molecule has 0 amide bonds. The maximum absolute atomic E-state index is 12.7. The number of hydrogen-bond acceptors (Lipinski definition) is 1. The molecule has 0 aliphatic heterocycles. The number of hydrogen-bond donors (Lipinski definition) is 0. The van der Waals surface area contributed by atoms with Crippen LogP contribution in [0.15, 0.2) is 29.7 Å². The highest BCUT2D eigenvalue weighted by Gasteiger charge is 2.17. The molecule has 80 valence electrons. The van der Waals surface area contributed by atoms with Gasteiger partial charge in [0.2, 0.25) is 0 Å². The van der Waals surface area contributed by atoms with E-state index in [-0.39, 0.29) is 5.54 Å². The van der Waals surface area contributed by atoms with Gasteiger partial charge in [0.05, 0.1) is 6.20 Å². The van der Waals surface area contributed by atoms with Crippen LogP contribution >= 0.6 is 0 Å². The second kappa shape index (κ2) is 4.94. The topological polar surface area (TPSA) is 15.6 Å². The zero-order valence-corrected chi connectivity index (χ0v) is 9.63. The van der Waals surface area contributed by atoms with E-state index in [0.717, 1.165) is 11.9 Å². The summed E-state index contributed by atoms with van der Waals surface area (Å²) >= 11 is 0. The van der Waals surface area contributed by atoms with E-state index in [9.17, 15) is 4.39 Å². The molecule has 0 heterocycles. The minimum atomic E-state index is -0.424. The second-order valence-corrected chi connectivity index (χ2v) is 4.12. The van der Waals surface area contributed by atoms with E-state index in [2.05, 4.69) is 32.3 Å². The van der Waals surface area contributed by atoms with Crippen LogP contribution in [-0.2, 0) is 0 Å². The maximum Gasteiger partial charge on any atom is 0.140 e. The van der Waals surface area contributed by atoms with Crippen molar-refractivity contribution in [3.8, 4) is 0 Å². The number of amidine groups is 1. The van der Waals surface area contributed by atoms with Crippen LogP contribution in [0.3, 0.4) is 0 Å². The van der Waals surface area contributed by atoms with Gasteiger partial charge in [0, 0.05) is 12.6 Å². The van der Waals surface area contributed by atoms with Gasteiger partial charge in [0.1, 0.15) is 11.7 Å². The van der Waals surface area contributed by atoms with Gasteiger partial charge >= 0.3 is 0 Å². The van der Waals surface area contributed by atoms with Crippen molar-refractivity contribution in [3.63, 3.8) is 0 Å². The van der Waals surface area contributed by atoms with Crippen LogP contribution in [0.25, 0.3) is 0 Å². The van der Waals surface area contributed by atoms with Crippen molar-refractivity contribution in [1.29, 1.82) is 0 Å². The summed E-state index contributed by atoms with van der Waals surface area (Å²) in [4.78, 5) is 5.98. The number of halogens is 1. The summed E-state index contributed by atoms with van der Waals surface area (Å²) in [5.41, 5.74) is -0.00786. The lowest BCUT2D eigenvalue weighted by Gasteiger charge is -2.33. The molecule has 0 atom stereocenters. The standard InChI is InChI=1S/C11H19FN2/c1-7-10(12)8-13-9(2)14(6)11(3,4)5/h7-8H,1H2,2-6H3/b10-8-,13-9-.